The third-order valence-electron chi connectivity index (χ3n) is 2.78. The summed E-state index contributed by atoms with van der Waals surface area (Å²) < 4.78 is 0. The average molecular weight is 312 g/mol. The van der Waals surface area contributed by atoms with E-state index < -0.39 is 4.92 Å². The van der Waals surface area contributed by atoms with E-state index in [-0.39, 0.29) is 21.8 Å². The number of nitrogens with zero attached hydrogens (tertiary/aromatic N) is 2. The zero-order valence-corrected chi connectivity index (χ0v) is 12.0. The van der Waals surface area contributed by atoms with E-state index >= 15 is 0 Å². The van der Waals surface area contributed by atoms with Gasteiger partial charge < -0.3 is 5.32 Å². The van der Waals surface area contributed by atoms with E-state index in [4.69, 9.17) is 23.2 Å². The molecule has 0 radical (unpaired) electrons. The average Bonchev–Trinajstić information content (AvgIpc) is 2.43. The fourth-order valence-electron chi connectivity index (χ4n) is 1.73. The van der Waals surface area contributed by atoms with Crippen LogP contribution in [-0.2, 0) is 0 Å². The Bertz CT molecular complexity index is 612. The number of nitrogens with one attached hydrogen (secondary N) is 1. The molecular weight excluding hydrogens is 301 g/mol. The van der Waals surface area contributed by atoms with E-state index in [0.717, 1.165) is 5.56 Å². The first-order valence-electron chi connectivity index (χ1n) is 5.79. The van der Waals surface area contributed by atoms with Gasteiger partial charge in [0.2, 0.25) is 0 Å². The highest BCUT2D eigenvalue weighted by Crippen LogP contribution is 2.36. The number of rotatable bonds is 4. The highest BCUT2D eigenvalue weighted by Gasteiger charge is 2.16. The summed E-state index contributed by atoms with van der Waals surface area (Å²) in [4.78, 5) is 14.2. The number of nitro benzene ring substituents is 1. The summed E-state index contributed by atoms with van der Waals surface area (Å²) in [6, 6.07) is 6.20. The molecule has 1 atom stereocenters. The maximum atomic E-state index is 10.7. The van der Waals surface area contributed by atoms with Crippen LogP contribution in [0.4, 0.5) is 11.4 Å². The second-order valence-electron chi connectivity index (χ2n) is 4.19. The summed E-state index contributed by atoms with van der Waals surface area (Å²) in [5.41, 5.74) is 1.29. The van der Waals surface area contributed by atoms with Crippen molar-refractivity contribution in [3.05, 3.63) is 62.4 Å². The van der Waals surface area contributed by atoms with Gasteiger partial charge in [-0.2, -0.15) is 0 Å². The molecule has 0 aliphatic rings. The molecule has 1 N–H and O–H groups in total. The summed E-state index contributed by atoms with van der Waals surface area (Å²) in [7, 11) is 0. The molecule has 0 saturated heterocycles. The molecule has 0 spiro atoms. The van der Waals surface area contributed by atoms with Gasteiger partial charge in [-0.1, -0.05) is 29.3 Å². The van der Waals surface area contributed by atoms with Gasteiger partial charge in [-0.25, -0.2) is 0 Å². The van der Waals surface area contributed by atoms with Crippen molar-refractivity contribution >= 4 is 34.6 Å². The summed E-state index contributed by atoms with van der Waals surface area (Å²) in [6.07, 6.45) is 3.41. The fourth-order valence-corrected chi connectivity index (χ4v) is 2.32. The molecule has 2 aromatic rings. The predicted molar refractivity (Wildman–Crippen MR) is 79.4 cm³/mol. The number of benzene rings is 1. The van der Waals surface area contributed by atoms with Crippen LogP contribution in [0.3, 0.4) is 0 Å². The molecule has 0 fully saturated rings. The van der Waals surface area contributed by atoms with E-state index in [2.05, 4.69) is 10.3 Å². The molecule has 0 aliphatic heterocycles. The van der Waals surface area contributed by atoms with Crippen LogP contribution in [0.15, 0.2) is 36.7 Å². The number of nitro groups is 1. The smallest absolute Gasteiger partial charge is 0.272 e. The van der Waals surface area contributed by atoms with Gasteiger partial charge in [-0.3, -0.25) is 15.1 Å². The lowest BCUT2D eigenvalue weighted by Gasteiger charge is -2.17. The van der Waals surface area contributed by atoms with Crippen LogP contribution < -0.4 is 5.32 Å². The van der Waals surface area contributed by atoms with Crippen molar-refractivity contribution < 1.29 is 4.92 Å². The second kappa shape index (κ2) is 6.07. The molecule has 1 heterocycles. The molecule has 0 amide bonds. The second-order valence-corrected chi connectivity index (χ2v) is 5.01. The van der Waals surface area contributed by atoms with Crippen LogP contribution in [0.25, 0.3) is 0 Å². The molecule has 1 aromatic carbocycles. The molecule has 0 aliphatic carbocycles. The van der Waals surface area contributed by atoms with E-state index in [1.807, 2.05) is 19.1 Å². The van der Waals surface area contributed by atoms with E-state index in [1.54, 1.807) is 12.4 Å². The van der Waals surface area contributed by atoms with E-state index in [1.165, 1.54) is 12.1 Å². The standard InChI is InChI=1S/C13H11Cl2N3O2/c1-8(9-3-2-4-16-7-9)17-13-11(14)5-10(18(19)20)6-12(13)15/h2-8,17H,1H3. The number of hydrogen-bond donors (Lipinski definition) is 1. The lowest BCUT2D eigenvalue weighted by molar-refractivity contribution is -0.384. The van der Waals surface area contributed by atoms with Crippen molar-refractivity contribution in [1.82, 2.24) is 4.98 Å². The molecular formula is C13H11Cl2N3O2. The van der Waals surface area contributed by atoms with Crippen molar-refractivity contribution in [2.45, 2.75) is 13.0 Å². The number of halogens is 2. The van der Waals surface area contributed by atoms with Crippen LogP contribution in [0.1, 0.15) is 18.5 Å². The zero-order valence-electron chi connectivity index (χ0n) is 10.5. The highest BCUT2D eigenvalue weighted by molar-refractivity contribution is 6.39. The van der Waals surface area contributed by atoms with Gasteiger partial charge in [0.1, 0.15) is 0 Å². The Kier molecular flexibility index (Phi) is 4.42. The number of pyridine rings is 1. The van der Waals surface area contributed by atoms with Crippen molar-refractivity contribution in [2.75, 3.05) is 5.32 Å². The van der Waals surface area contributed by atoms with Crippen LogP contribution in [0, 0.1) is 10.1 Å². The Morgan fingerprint density at radius 1 is 1.35 bits per heavy atom. The first kappa shape index (κ1) is 14.6. The summed E-state index contributed by atoms with van der Waals surface area (Å²) in [5.74, 6) is 0. The number of hydrogen-bond acceptors (Lipinski definition) is 4. The van der Waals surface area contributed by atoms with Gasteiger partial charge >= 0.3 is 0 Å². The minimum atomic E-state index is -0.536. The first-order valence-corrected chi connectivity index (χ1v) is 6.54. The van der Waals surface area contributed by atoms with E-state index in [0.29, 0.717) is 5.69 Å². The maximum Gasteiger partial charge on any atom is 0.272 e. The van der Waals surface area contributed by atoms with Gasteiger partial charge in [-0.15, -0.1) is 0 Å². The minimum Gasteiger partial charge on any atom is -0.376 e. The van der Waals surface area contributed by atoms with Crippen molar-refractivity contribution in [2.24, 2.45) is 0 Å². The van der Waals surface area contributed by atoms with Gasteiger partial charge in [-0.05, 0) is 18.6 Å². The van der Waals surface area contributed by atoms with Gasteiger partial charge in [0, 0.05) is 24.5 Å². The lowest BCUT2D eigenvalue weighted by Crippen LogP contribution is -2.08. The fraction of sp³-hybridized carbons (Fsp3) is 0.154. The highest BCUT2D eigenvalue weighted by atomic mass is 35.5. The van der Waals surface area contributed by atoms with Gasteiger partial charge in [0.15, 0.2) is 0 Å². The summed E-state index contributed by atoms with van der Waals surface area (Å²) >= 11 is 12.1. The molecule has 1 aromatic heterocycles. The molecule has 20 heavy (non-hydrogen) atoms. The summed E-state index contributed by atoms with van der Waals surface area (Å²) in [5, 5.41) is 14.3. The van der Waals surface area contributed by atoms with Crippen molar-refractivity contribution in [1.29, 1.82) is 0 Å². The third-order valence-corrected chi connectivity index (χ3v) is 3.38. The Morgan fingerprint density at radius 2 is 2.00 bits per heavy atom. The predicted octanol–water partition coefficient (Wildman–Crippen LogP) is 4.47. The van der Waals surface area contributed by atoms with Crippen molar-refractivity contribution in [3.8, 4) is 0 Å². The molecule has 2 rings (SSSR count). The van der Waals surface area contributed by atoms with Crippen LogP contribution in [0.2, 0.25) is 10.0 Å². The Hall–Kier alpha value is -1.85. The molecule has 0 saturated carbocycles. The topological polar surface area (TPSA) is 68.1 Å². The number of aromatic nitrogens is 1. The van der Waals surface area contributed by atoms with Gasteiger partial charge in [0.25, 0.3) is 5.69 Å². The molecule has 7 heteroatoms. The monoisotopic (exact) mass is 311 g/mol. The zero-order chi connectivity index (χ0) is 14.7. The Labute approximate surface area is 125 Å². The quantitative estimate of drug-likeness (QED) is 0.668. The molecule has 1 unspecified atom stereocenters. The van der Waals surface area contributed by atoms with Gasteiger partial charge in [0.05, 0.1) is 26.7 Å². The van der Waals surface area contributed by atoms with Crippen LogP contribution in [-0.4, -0.2) is 9.91 Å². The molecule has 0 bridgehead atoms. The Balaban J connectivity index is 2.28. The largest absolute Gasteiger partial charge is 0.376 e. The first-order chi connectivity index (χ1) is 9.49. The summed E-state index contributed by atoms with van der Waals surface area (Å²) in [6.45, 7) is 1.92. The number of anilines is 1. The van der Waals surface area contributed by atoms with E-state index in [9.17, 15) is 10.1 Å². The van der Waals surface area contributed by atoms with Crippen LogP contribution in [0.5, 0.6) is 0 Å². The number of non-ortho nitro benzene ring substituents is 1. The minimum absolute atomic E-state index is 0.0832. The lowest BCUT2D eigenvalue weighted by atomic mass is 10.1. The Morgan fingerprint density at radius 3 is 2.50 bits per heavy atom. The molecule has 104 valence electrons. The van der Waals surface area contributed by atoms with Crippen LogP contribution >= 0.6 is 23.2 Å². The normalized spacial score (nSPS) is 11.9. The third kappa shape index (κ3) is 3.18. The SMILES string of the molecule is CC(Nc1c(Cl)cc([N+](=O)[O-])cc1Cl)c1cccnc1. The maximum absolute atomic E-state index is 10.7. The van der Waals surface area contributed by atoms with Crippen molar-refractivity contribution in [3.63, 3.8) is 0 Å². The molecule has 5 nitrogen and oxygen atoms in total.